The van der Waals surface area contributed by atoms with E-state index < -0.39 is 28.9 Å². The molecule has 0 bridgehead atoms. The summed E-state index contributed by atoms with van der Waals surface area (Å²) in [6, 6.07) is 12.3. The summed E-state index contributed by atoms with van der Waals surface area (Å²) < 4.78 is 40.7. The van der Waals surface area contributed by atoms with Crippen molar-refractivity contribution < 1.29 is 27.9 Å². The number of carbonyl (C=O) groups excluding carboxylic acids is 1. The molecule has 3 aromatic carbocycles. The minimum absolute atomic E-state index is 0.0381. The van der Waals surface area contributed by atoms with E-state index in [2.05, 4.69) is 5.48 Å². The van der Waals surface area contributed by atoms with Crippen molar-refractivity contribution in [1.29, 1.82) is 0 Å². The van der Waals surface area contributed by atoms with Gasteiger partial charge in [-0.2, -0.15) is 0 Å². The van der Waals surface area contributed by atoms with Crippen LogP contribution in [0.1, 0.15) is 42.3 Å². The Morgan fingerprint density at radius 2 is 1.61 bits per heavy atom. The Bertz CT molecular complexity index is 1230. The van der Waals surface area contributed by atoms with E-state index in [9.17, 15) is 13.6 Å². The Morgan fingerprint density at radius 1 is 0.970 bits per heavy atom. The molecule has 1 unspecified atom stereocenters. The largest absolute Gasteiger partial charge is 0.440 e. The fourth-order valence-electron chi connectivity index (χ4n) is 3.26. The number of hydrogen-bond donors (Lipinski definition) is 1. The Morgan fingerprint density at radius 3 is 2.21 bits per heavy atom. The van der Waals surface area contributed by atoms with Gasteiger partial charge in [-0.05, 0) is 63.2 Å². The summed E-state index contributed by atoms with van der Waals surface area (Å²) in [5.41, 5.74) is 2.00. The fraction of sp³-hybridized carbons (Fsp3) is 0.208. The van der Waals surface area contributed by atoms with E-state index in [0.29, 0.717) is 16.1 Å². The summed E-state index contributed by atoms with van der Waals surface area (Å²) in [7, 11) is 0. The number of hydrogen-bond acceptors (Lipinski definition) is 4. The van der Waals surface area contributed by atoms with Crippen LogP contribution in [0.25, 0.3) is 0 Å². The molecule has 1 aliphatic heterocycles. The lowest BCUT2D eigenvalue weighted by Gasteiger charge is -2.29. The maximum Gasteiger partial charge on any atom is 0.307 e. The first kappa shape index (κ1) is 23.3. The zero-order valence-corrected chi connectivity index (χ0v) is 19.4. The molecular weight excluding hydrogens is 475 g/mol. The molecule has 0 saturated carbocycles. The van der Waals surface area contributed by atoms with Gasteiger partial charge in [0, 0.05) is 22.7 Å². The highest BCUT2D eigenvalue weighted by Crippen LogP contribution is 2.50. The zero-order chi connectivity index (χ0) is 24.0. The third-order valence-electron chi connectivity index (χ3n) is 4.75. The van der Waals surface area contributed by atoms with Gasteiger partial charge in [-0.3, -0.25) is 9.63 Å². The van der Waals surface area contributed by atoms with E-state index in [0.717, 1.165) is 6.07 Å². The molecule has 0 radical (unpaired) electrons. The maximum absolute atomic E-state index is 14.8. The molecule has 1 heterocycles. The van der Waals surface area contributed by atoms with Crippen LogP contribution in [0.4, 0.5) is 8.78 Å². The molecule has 172 valence electrons. The smallest absolute Gasteiger partial charge is 0.307 e. The summed E-state index contributed by atoms with van der Waals surface area (Å²) in [5, 5.41) is 0.606. The van der Waals surface area contributed by atoms with Crippen LogP contribution < -0.4 is 15.0 Å². The summed E-state index contributed by atoms with van der Waals surface area (Å²) in [6.07, 6.45) is 0. The minimum atomic E-state index is -1.67. The quantitative estimate of drug-likeness (QED) is 0.427. The molecule has 1 aliphatic rings. The number of benzene rings is 3. The van der Waals surface area contributed by atoms with Crippen molar-refractivity contribution in [2.75, 3.05) is 0 Å². The van der Waals surface area contributed by atoms with Crippen molar-refractivity contribution >= 4 is 29.1 Å². The molecule has 0 aromatic heterocycles. The van der Waals surface area contributed by atoms with Gasteiger partial charge in [0.05, 0.1) is 21.8 Å². The minimum Gasteiger partial charge on any atom is -0.440 e. The van der Waals surface area contributed by atoms with Crippen molar-refractivity contribution in [2.24, 2.45) is 0 Å². The second kappa shape index (κ2) is 8.48. The average Bonchev–Trinajstić information content (AvgIpc) is 3.10. The van der Waals surface area contributed by atoms with Gasteiger partial charge in [-0.1, -0.05) is 23.2 Å². The highest BCUT2D eigenvalue weighted by atomic mass is 35.5. The first-order valence-corrected chi connectivity index (χ1v) is 10.7. The molecule has 0 aliphatic carbocycles. The first-order valence-electron chi connectivity index (χ1n) is 9.90. The lowest BCUT2D eigenvalue weighted by atomic mass is 9.97. The molecule has 1 N–H and O–H groups in total. The third-order valence-corrected chi connectivity index (χ3v) is 5.29. The van der Waals surface area contributed by atoms with Crippen LogP contribution in [0, 0.1) is 11.6 Å². The van der Waals surface area contributed by atoms with Gasteiger partial charge in [0.15, 0.2) is 11.5 Å². The van der Waals surface area contributed by atoms with Gasteiger partial charge >= 0.3 is 5.79 Å². The molecule has 3 aromatic rings. The van der Waals surface area contributed by atoms with Gasteiger partial charge in [0.25, 0.3) is 5.91 Å². The molecule has 5 nitrogen and oxygen atoms in total. The number of carbonyl (C=O) groups is 1. The van der Waals surface area contributed by atoms with E-state index in [-0.39, 0.29) is 22.1 Å². The highest BCUT2D eigenvalue weighted by Gasteiger charge is 2.47. The lowest BCUT2D eigenvalue weighted by molar-refractivity contribution is -0.0591. The van der Waals surface area contributed by atoms with Crippen LogP contribution in [0.2, 0.25) is 10.0 Å². The van der Waals surface area contributed by atoms with Crippen molar-refractivity contribution in [1.82, 2.24) is 5.48 Å². The first-order chi connectivity index (χ1) is 15.5. The molecule has 4 rings (SSSR count). The Kier molecular flexibility index (Phi) is 5.99. The normalized spacial score (nSPS) is 17.2. The molecule has 0 spiro atoms. The molecule has 0 fully saturated rings. The molecule has 9 heteroatoms. The third kappa shape index (κ3) is 4.62. The van der Waals surface area contributed by atoms with Crippen molar-refractivity contribution in [2.45, 2.75) is 32.2 Å². The number of amides is 1. The van der Waals surface area contributed by atoms with Crippen LogP contribution in [0.15, 0.2) is 54.6 Å². The summed E-state index contributed by atoms with van der Waals surface area (Å²) in [5.74, 6) is -3.64. The number of fused-ring (bicyclic) bond motifs is 1. The summed E-state index contributed by atoms with van der Waals surface area (Å²) in [4.78, 5) is 17.7. The molecule has 0 saturated heterocycles. The lowest BCUT2D eigenvalue weighted by Crippen LogP contribution is -2.37. The van der Waals surface area contributed by atoms with Crippen LogP contribution in [-0.4, -0.2) is 11.5 Å². The van der Waals surface area contributed by atoms with Gasteiger partial charge in [-0.25, -0.2) is 14.3 Å². The SMILES string of the molecule is CC(C)(C)ONC(=O)c1cc2c(cc1F)OC(c1ccc(F)cc1)(c1ccc(Cl)cc1Cl)O2. The average molecular weight is 494 g/mol. The molecule has 1 amide bonds. The van der Waals surface area contributed by atoms with Crippen LogP contribution in [0.3, 0.4) is 0 Å². The molecule has 33 heavy (non-hydrogen) atoms. The van der Waals surface area contributed by atoms with Crippen molar-refractivity contribution in [3.05, 3.63) is 93.0 Å². The van der Waals surface area contributed by atoms with E-state index >= 15 is 0 Å². The Hall–Kier alpha value is -2.87. The topological polar surface area (TPSA) is 56.8 Å². The van der Waals surface area contributed by atoms with Gasteiger partial charge < -0.3 is 9.47 Å². The fourth-order valence-corrected chi connectivity index (χ4v) is 3.80. The molecule has 1 atom stereocenters. The molecular formula is C24H19Cl2F2NO4. The number of rotatable bonds is 4. The van der Waals surface area contributed by atoms with E-state index in [1.807, 2.05) is 0 Å². The number of halogens is 4. The second-order valence-electron chi connectivity index (χ2n) is 8.38. The van der Waals surface area contributed by atoms with Gasteiger partial charge in [0.2, 0.25) is 0 Å². The predicted molar refractivity (Wildman–Crippen MR) is 120 cm³/mol. The van der Waals surface area contributed by atoms with Crippen LogP contribution in [-0.2, 0) is 10.6 Å². The summed E-state index contributed by atoms with van der Waals surface area (Å²) in [6.45, 7) is 5.20. The standard InChI is InChI=1S/C24H19Cl2F2NO4/c1-23(2,3)33-29-22(30)16-11-20-21(12-19(16)28)32-24(31-20,13-4-7-15(27)8-5-13)17-9-6-14(25)10-18(17)26/h4-12H,1-3H3,(H,29,30). The van der Waals surface area contributed by atoms with Gasteiger partial charge in [-0.15, -0.1) is 0 Å². The van der Waals surface area contributed by atoms with Crippen LogP contribution >= 0.6 is 23.2 Å². The zero-order valence-electron chi connectivity index (χ0n) is 17.8. The van der Waals surface area contributed by atoms with E-state index in [1.165, 1.54) is 36.4 Å². The second-order valence-corrected chi connectivity index (χ2v) is 9.22. The maximum atomic E-state index is 14.8. The summed E-state index contributed by atoms with van der Waals surface area (Å²) >= 11 is 12.5. The van der Waals surface area contributed by atoms with Crippen molar-refractivity contribution in [3.8, 4) is 11.5 Å². The Balaban J connectivity index is 1.78. The van der Waals surface area contributed by atoms with Crippen LogP contribution in [0.5, 0.6) is 11.5 Å². The van der Waals surface area contributed by atoms with Crippen molar-refractivity contribution in [3.63, 3.8) is 0 Å². The van der Waals surface area contributed by atoms with E-state index in [4.69, 9.17) is 37.5 Å². The van der Waals surface area contributed by atoms with E-state index in [1.54, 1.807) is 32.9 Å². The highest BCUT2D eigenvalue weighted by molar-refractivity contribution is 6.35. The number of hydroxylamine groups is 1. The van der Waals surface area contributed by atoms with Gasteiger partial charge in [0.1, 0.15) is 11.6 Å². The predicted octanol–water partition coefficient (Wildman–Crippen LogP) is 6.40. The monoisotopic (exact) mass is 493 g/mol. The number of nitrogens with one attached hydrogen (secondary N) is 1. The number of ether oxygens (including phenoxy) is 2. The Labute approximate surface area is 199 Å².